The van der Waals surface area contributed by atoms with Crippen LogP contribution in [0.25, 0.3) is 0 Å². The number of Topliss-reactive ketones (excluding diaryl/α,β-unsaturated/α-hetero) is 2. The third-order valence-electron chi connectivity index (χ3n) is 3.26. The van der Waals surface area contributed by atoms with Crippen molar-refractivity contribution < 1.29 is 19.1 Å². The SMILES string of the molecule is COC1(OC)C(CC(C)=O)C=CC1CC(C)=O. The molecule has 2 unspecified atom stereocenters. The van der Waals surface area contributed by atoms with E-state index >= 15 is 0 Å². The summed E-state index contributed by atoms with van der Waals surface area (Å²) in [6.07, 6.45) is 4.57. The Morgan fingerprint density at radius 1 is 1.00 bits per heavy atom. The molecule has 0 aromatic rings. The van der Waals surface area contributed by atoms with Crippen molar-refractivity contribution in [2.75, 3.05) is 14.2 Å². The summed E-state index contributed by atoms with van der Waals surface area (Å²) in [7, 11) is 3.10. The smallest absolute Gasteiger partial charge is 0.180 e. The van der Waals surface area contributed by atoms with Crippen molar-refractivity contribution in [1.29, 1.82) is 0 Å². The minimum absolute atomic E-state index is 0.0848. The van der Waals surface area contributed by atoms with Gasteiger partial charge in [0.25, 0.3) is 0 Å². The standard InChI is InChI=1S/C13H20O4/c1-9(14)7-11-5-6-12(8-10(2)15)13(11,16-3)17-4/h5-6,11-12H,7-8H2,1-4H3. The second kappa shape index (κ2) is 5.56. The summed E-state index contributed by atoms with van der Waals surface area (Å²) in [5.74, 6) is -0.959. The topological polar surface area (TPSA) is 52.6 Å². The number of hydrogen-bond acceptors (Lipinski definition) is 4. The first kappa shape index (κ1) is 14.1. The molecule has 4 heteroatoms. The quantitative estimate of drug-likeness (QED) is 0.524. The van der Waals surface area contributed by atoms with E-state index in [1.807, 2.05) is 12.2 Å². The Morgan fingerprint density at radius 2 is 1.35 bits per heavy atom. The van der Waals surface area contributed by atoms with Crippen molar-refractivity contribution >= 4 is 11.6 Å². The predicted octanol–water partition coefficient (Wildman–Crippen LogP) is 1.74. The van der Waals surface area contributed by atoms with Crippen LogP contribution in [0, 0.1) is 11.8 Å². The lowest BCUT2D eigenvalue weighted by Crippen LogP contribution is -2.45. The van der Waals surface area contributed by atoms with Crippen LogP contribution in [0.1, 0.15) is 26.7 Å². The highest BCUT2D eigenvalue weighted by Gasteiger charge is 2.48. The number of ketones is 2. The number of carbonyl (C=O) groups is 2. The van der Waals surface area contributed by atoms with E-state index in [4.69, 9.17) is 9.47 Å². The molecular weight excluding hydrogens is 220 g/mol. The molecule has 0 aromatic carbocycles. The fraction of sp³-hybridized carbons (Fsp3) is 0.692. The average molecular weight is 240 g/mol. The van der Waals surface area contributed by atoms with Gasteiger partial charge in [-0.3, -0.25) is 0 Å². The molecule has 4 nitrogen and oxygen atoms in total. The van der Waals surface area contributed by atoms with E-state index in [1.165, 1.54) is 0 Å². The largest absolute Gasteiger partial charge is 0.352 e. The third kappa shape index (κ3) is 2.82. The zero-order chi connectivity index (χ0) is 13.1. The summed E-state index contributed by atoms with van der Waals surface area (Å²) >= 11 is 0. The van der Waals surface area contributed by atoms with Crippen LogP contribution in [0.4, 0.5) is 0 Å². The summed E-state index contributed by atoms with van der Waals surface area (Å²) in [4.78, 5) is 22.5. The fourth-order valence-electron chi connectivity index (χ4n) is 2.54. The highest BCUT2D eigenvalue weighted by Crippen LogP contribution is 2.42. The number of rotatable bonds is 6. The molecular formula is C13H20O4. The molecule has 0 fully saturated rings. The fourth-order valence-corrected chi connectivity index (χ4v) is 2.54. The molecule has 1 aliphatic rings. The Bertz CT molecular complexity index is 300. The van der Waals surface area contributed by atoms with Crippen molar-refractivity contribution in [3.8, 4) is 0 Å². The Labute approximate surface area is 102 Å². The van der Waals surface area contributed by atoms with Crippen molar-refractivity contribution in [2.24, 2.45) is 11.8 Å². The van der Waals surface area contributed by atoms with Gasteiger partial charge in [-0.15, -0.1) is 0 Å². The van der Waals surface area contributed by atoms with E-state index < -0.39 is 5.79 Å². The molecule has 0 N–H and O–H groups in total. The first-order chi connectivity index (χ1) is 7.96. The van der Waals surface area contributed by atoms with E-state index in [-0.39, 0.29) is 23.4 Å². The molecule has 0 saturated carbocycles. The van der Waals surface area contributed by atoms with Crippen LogP contribution in [0.2, 0.25) is 0 Å². The van der Waals surface area contributed by atoms with Gasteiger partial charge in [0.05, 0.1) is 0 Å². The van der Waals surface area contributed by atoms with Gasteiger partial charge < -0.3 is 19.1 Å². The number of carbonyl (C=O) groups excluding carboxylic acids is 2. The summed E-state index contributed by atoms with van der Waals surface area (Å²) < 4.78 is 11.0. The van der Waals surface area contributed by atoms with Crippen LogP contribution < -0.4 is 0 Å². The van der Waals surface area contributed by atoms with Crippen LogP contribution in [-0.2, 0) is 19.1 Å². The molecule has 96 valence electrons. The molecule has 0 radical (unpaired) electrons. The van der Waals surface area contributed by atoms with Crippen molar-refractivity contribution in [2.45, 2.75) is 32.5 Å². The Kier molecular flexibility index (Phi) is 4.60. The molecule has 17 heavy (non-hydrogen) atoms. The Hall–Kier alpha value is -1.00. The summed E-state index contributed by atoms with van der Waals surface area (Å²) in [5, 5.41) is 0. The number of ether oxygens (including phenoxy) is 2. The lowest BCUT2D eigenvalue weighted by atomic mass is 9.88. The second-order valence-electron chi connectivity index (χ2n) is 4.54. The Morgan fingerprint density at radius 3 is 1.59 bits per heavy atom. The minimum Gasteiger partial charge on any atom is -0.352 e. The maximum absolute atomic E-state index is 11.2. The van der Waals surface area contributed by atoms with Crippen LogP contribution >= 0.6 is 0 Å². The second-order valence-corrected chi connectivity index (χ2v) is 4.54. The third-order valence-corrected chi connectivity index (χ3v) is 3.26. The number of methoxy groups -OCH3 is 2. The van der Waals surface area contributed by atoms with Crippen LogP contribution in [-0.4, -0.2) is 31.6 Å². The maximum atomic E-state index is 11.2. The molecule has 0 amide bonds. The van der Waals surface area contributed by atoms with Gasteiger partial charge in [0.1, 0.15) is 11.6 Å². The van der Waals surface area contributed by atoms with Gasteiger partial charge in [0.15, 0.2) is 5.79 Å². The van der Waals surface area contributed by atoms with Gasteiger partial charge in [0, 0.05) is 38.9 Å². The van der Waals surface area contributed by atoms with Crippen molar-refractivity contribution in [1.82, 2.24) is 0 Å². The molecule has 0 heterocycles. The zero-order valence-corrected chi connectivity index (χ0v) is 10.9. The first-order valence-electron chi connectivity index (χ1n) is 5.73. The predicted molar refractivity (Wildman–Crippen MR) is 63.5 cm³/mol. The van der Waals surface area contributed by atoms with Crippen LogP contribution in [0.15, 0.2) is 12.2 Å². The molecule has 0 spiro atoms. The monoisotopic (exact) mass is 240 g/mol. The van der Waals surface area contributed by atoms with Crippen LogP contribution in [0.3, 0.4) is 0 Å². The lowest BCUT2D eigenvalue weighted by molar-refractivity contribution is -0.247. The van der Waals surface area contributed by atoms with Gasteiger partial charge >= 0.3 is 0 Å². The van der Waals surface area contributed by atoms with Crippen molar-refractivity contribution in [3.05, 3.63) is 12.2 Å². The van der Waals surface area contributed by atoms with Gasteiger partial charge in [-0.05, 0) is 13.8 Å². The minimum atomic E-state index is -0.878. The van der Waals surface area contributed by atoms with E-state index in [0.717, 1.165) is 0 Å². The van der Waals surface area contributed by atoms with Gasteiger partial charge in [-0.1, -0.05) is 12.2 Å². The molecule has 0 aromatic heterocycles. The molecule has 1 aliphatic carbocycles. The van der Waals surface area contributed by atoms with Gasteiger partial charge in [0.2, 0.25) is 0 Å². The maximum Gasteiger partial charge on any atom is 0.180 e. The molecule has 0 saturated heterocycles. The van der Waals surface area contributed by atoms with Crippen LogP contribution in [0.5, 0.6) is 0 Å². The molecule has 0 aliphatic heterocycles. The van der Waals surface area contributed by atoms with Crippen molar-refractivity contribution in [3.63, 3.8) is 0 Å². The Balaban J connectivity index is 2.92. The van der Waals surface area contributed by atoms with E-state index in [0.29, 0.717) is 12.8 Å². The highest BCUT2D eigenvalue weighted by atomic mass is 16.7. The van der Waals surface area contributed by atoms with Gasteiger partial charge in [-0.25, -0.2) is 0 Å². The normalized spacial score (nSPS) is 26.1. The van der Waals surface area contributed by atoms with Gasteiger partial charge in [-0.2, -0.15) is 0 Å². The number of hydrogen-bond donors (Lipinski definition) is 0. The van der Waals surface area contributed by atoms with E-state index in [1.54, 1.807) is 28.1 Å². The molecule has 1 rings (SSSR count). The molecule has 0 bridgehead atoms. The summed E-state index contributed by atoms with van der Waals surface area (Å²) in [5.41, 5.74) is 0. The van der Waals surface area contributed by atoms with E-state index in [2.05, 4.69) is 0 Å². The zero-order valence-electron chi connectivity index (χ0n) is 10.9. The summed E-state index contributed by atoms with van der Waals surface area (Å²) in [6.45, 7) is 3.09. The average Bonchev–Trinajstić information content (AvgIpc) is 2.56. The summed E-state index contributed by atoms with van der Waals surface area (Å²) in [6, 6.07) is 0. The van der Waals surface area contributed by atoms with E-state index in [9.17, 15) is 9.59 Å². The lowest BCUT2D eigenvalue weighted by Gasteiger charge is -2.37. The first-order valence-corrected chi connectivity index (χ1v) is 5.73. The molecule has 2 atom stereocenters. The highest BCUT2D eigenvalue weighted by molar-refractivity contribution is 5.77.